The van der Waals surface area contributed by atoms with Crippen molar-refractivity contribution in [2.75, 3.05) is 45.2 Å². The molecule has 1 fully saturated rings. The molecule has 82 valence electrons. The zero-order valence-electron chi connectivity index (χ0n) is 8.59. The first kappa shape index (κ1) is 11.6. The van der Waals surface area contributed by atoms with E-state index in [1.807, 2.05) is 6.92 Å². The van der Waals surface area contributed by atoms with Crippen LogP contribution < -0.4 is 4.90 Å². The Hall–Kier alpha value is -0.480. The van der Waals surface area contributed by atoms with Crippen molar-refractivity contribution < 1.29 is 14.4 Å². The Bertz CT molecular complexity index is 182. The zero-order chi connectivity index (χ0) is 10.4. The lowest BCUT2D eigenvalue weighted by atomic mass is 10.3. The average Bonchev–Trinajstić information content (AvgIpc) is 2.20. The van der Waals surface area contributed by atoms with Crippen molar-refractivity contribution in [2.45, 2.75) is 6.92 Å². The van der Waals surface area contributed by atoms with Gasteiger partial charge in [-0.3, -0.25) is 4.90 Å². The quantitative estimate of drug-likeness (QED) is 0.658. The first-order valence-corrected chi connectivity index (χ1v) is 5.62. The molecule has 0 unspecified atom stereocenters. The van der Waals surface area contributed by atoms with Gasteiger partial charge in [0.2, 0.25) is 0 Å². The first-order chi connectivity index (χ1) is 6.77. The van der Waals surface area contributed by atoms with Crippen LogP contribution >= 0.6 is 11.6 Å². The molecule has 5 heteroatoms. The van der Waals surface area contributed by atoms with Gasteiger partial charge in [0.15, 0.2) is 0 Å². The number of carbonyl (C=O) groups is 1. The lowest BCUT2D eigenvalue weighted by Crippen LogP contribution is -3.15. The van der Waals surface area contributed by atoms with Crippen LogP contribution in [0.4, 0.5) is 4.79 Å². The number of ether oxygens (including phenoxy) is 1. The van der Waals surface area contributed by atoms with Gasteiger partial charge in [0.25, 0.3) is 0 Å². The Labute approximate surface area is 89.8 Å². The Balaban J connectivity index is 2.24. The SMILES string of the molecule is CCOC(=O)N1CC[NH+](CCCl)CC1. The van der Waals surface area contributed by atoms with Crippen LogP contribution in [0.3, 0.4) is 0 Å². The number of hydrogen-bond acceptors (Lipinski definition) is 2. The molecule has 0 aromatic carbocycles. The molecular formula is C9H18ClN2O2+. The fraction of sp³-hybridized carbons (Fsp3) is 0.889. The topological polar surface area (TPSA) is 34.0 Å². The number of nitrogens with one attached hydrogen (secondary N) is 1. The molecule has 1 saturated heterocycles. The maximum Gasteiger partial charge on any atom is 0.410 e. The van der Waals surface area contributed by atoms with Gasteiger partial charge in [0.05, 0.1) is 45.2 Å². The third kappa shape index (κ3) is 3.35. The fourth-order valence-electron chi connectivity index (χ4n) is 1.60. The predicted molar refractivity (Wildman–Crippen MR) is 54.9 cm³/mol. The molecule has 0 aliphatic carbocycles. The number of rotatable bonds is 3. The highest BCUT2D eigenvalue weighted by Gasteiger charge is 2.23. The van der Waals surface area contributed by atoms with Crippen LogP contribution in [0.5, 0.6) is 0 Å². The van der Waals surface area contributed by atoms with Crippen LogP contribution in [-0.2, 0) is 4.74 Å². The van der Waals surface area contributed by atoms with E-state index in [1.54, 1.807) is 4.90 Å². The molecule has 0 radical (unpaired) electrons. The van der Waals surface area contributed by atoms with E-state index in [0.29, 0.717) is 12.5 Å². The molecule has 1 N–H and O–H groups in total. The van der Waals surface area contributed by atoms with Gasteiger partial charge in [-0.05, 0) is 6.92 Å². The lowest BCUT2D eigenvalue weighted by molar-refractivity contribution is -0.901. The molecule has 0 aromatic rings. The molecule has 0 atom stereocenters. The standard InChI is InChI=1S/C9H17ClN2O2/c1-2-14-9(13)12-7-5-11(4-3-10)6-8-12/h2-8H2,1H3/p+1. The van der Waals surface area contributed by atoms with E-state index in [-0.39, 0.29) is 6.09 Å². The number of quaternary nitrogens is 1. The maximum atomic E-state index is 11.3. The Kier molecular flexibility index (Phi) is 5.04. The number of carbonyl (C=O) groups excluding carboxylic acids is 1. The van der Waals surface area contributed by atoms with Crippen LogP contribution in [0.2, 0.25) is 0 Å². The summed E-state index contributed by atoms with van der Waals surface area (Å²) in [6, 6.07) is 0. The van der Waals surface area contributed by atoms with Gasteiger partial charge >= 0.3 is 6.09 Å². The highest BCUT2D eigenvalue weighted by molar-refractivity contribution is 6.17. The Morgan fingerprint density at radius 3 is 2.64 bits per heavy atom. The third-order valence-corrected chi connectivity index (χ3v) is 2.63. The highest BCUT2D eigenvalue weighted by atomic mass is 35.5. The molecule has 0 aromatic heterocycles. The van der Waals surface area contributed by atoms with Crippen molar-refractivity contribution in [1.82, 2.24) is 4.90 Å². The average molecular weight is 222 g/mol. The van der Waals surface area contributed by atoms with Gasteiger partial charge < -0.3 is 9.64 Å². The van der Waals surface area contributed by atoms with Gasteiger partial charge in [0, 0.05) is 0 Å². The zero-order valence-corrected chi connectivity index (χ0v) is 9.35. The normalized spacial score (nSPS) is 18.3. The molecular weight excluding hydrogens is 204 g/mol. The smallest absolute Gasteiger partial charge is 0.410 e. The predicted octanol–water partition coefficient (Wildman–Crippen LogP) is -0.418. The number of nitrogens with zero attached hydrogens (tertiary/aromatic N) is 1. The molecule has 14 heavy (non-hydrogen) atoms. The summed E-state index contributed by atoms with van der Waals surface area (Å²) < 4.78 is 4.93. The summed E-state index contributed by atoms with van der Waals surface area (Å²) in [5, 5.41) is 0. The van der Waals surface area contributed by atoms with Crippen molar-refractivity contribution >= 4 is 17.7 Å². The van der Waals surface area contributed by atoms with E-state index >= 15 is 0 Å². The van der Waals surface area contributed by atoms with Gasteiger partial charge in [-0.15, -0.1) is 11.6 Å². The number of halogens is 1. The molecule has 0 spiro atoms. The summed E-state index contributed by atoms with van der Waals surface area (Å²) >= 11 is 5.66. The second kappa shape index (κ2) is 6.09. The van der Waals surface area contributed by atoms with E-state index in [2.05, 4.69) is 0 Å². The van der Waals surface area contributed by atoms with Gasteiger partial charge in [-0.1, -0.05) is 0 Å². The number of piperazine rings is 1. The monoisotopic (exact) mass is 221 g/mol. The molecule has 1 rings (SSSR count). The summed E-state index contributed by atoms with van der Waals surface area (Å²) in [5.41, 5.74) is 0. The molecule has 1 heterocycles. The van der Waals surface area contributed by atoms with Crippen molar-refractivity contribution in [2.24, 2.45) is 0 Å². The van der Waals surface area contributed by atoms with Gasteiger partial charge in [-0.25, -0.2) is 4.79 Å². The number of hydrogen-bond donors (Lipinski definition) is 1. The summed E-state index contributed by atoms with van der Waals surface area (Å²) in [4.78, 5) is 14.6. The molecule has 1 aliphatic heterocycles. The van der Waals surface area contributed by atoms with Crippen molar-refractivity contribution in [3.63, 3.8) is 0 Å². The molecule has 0 saturated carbocycles. The van der Waals surface area contributed by atoms with E-state index in [9.17, 15) is 4.79 Å². The van der Waals surface area contributed by atoms with Crippen LogP contribution in [0.15, 0.2) is 0 Å². The van der Waals surface area contributed by atoms with E-state index < -0.39 is 0 Å². The lowest BCUT2D eigenvalue weighted by Gasteiger charge is -2.31. The number of alkyl halides is 1. The Morgan fingerprint density at radius 2 is 2.14 bits per heavy atom. The van der Waals surface area contributed by atoms with Crippen LogP contribution in [0.25, 0.3) is 0 Å². The summed E-state index contributed by atoms with van der Waals surface area (Å²) in [6.07, 6.45) is -0.183. The van der Waals surface area contributed by atoms with Crippen LogP contribution in [0.1, 0.15) is 6.92 Å². The van der Waals surface area contributed by atoms with E-state index in [0.717, 1.165) is 32.7 Å². The van der Waals surface area contributed by atoms with Crippen molar-refractivity contribution in [3.05, 3.63) is 0 Å². The van der Waals surface area contributed by atoms with E-state index in [4.69, 9.17) is 16.3 Å². The largest absolute Gasteiger partial charge is 0.450 e. The van der Waals surface area contributed by atoms with Gasteiger partial charge in [-0.2, -0.15) is 0 Å². The fourth-order valence-corrected chi connectivity index (χ4v) is 1.87. The third-order valence-electron chi connectivity index (χ3n) is 2.44. The summed E-state index contributed by atoms with van der Waals surface area (Å²) in [7, 11) is 0. The maximum absolute atomic E-state index is 11.3. The van der Waals surface area contributed by atoms with Crippen molar-refractivity contribution in [1.29, 1.82) is 0 Å². The molecule has 1 aliphatic rings. The first-order valence-electron chi connectivity index (χ1n) is 5.09. The van der Waals surface area contributed by atoms with E-state index in [1.165, 1.54) is 4.90 Å². The highest BCUT2D eigenvalue weighted by Crippen LogP contribution is 1.94. The second-order valence-corrected chi connectivity index (χ2v) is 3.75. The molecule has 1 amide bonds. The molecule has 0 bridgehead atoms. The van der Waals surface area contributed by atoms with Crippen LogP contribution in [0, 0.1) is 0 Å². The minimum atomic E-state index is -0.183. The van der Waals surface area contributed by atoms with Gasteiger partial charge in [0.1, 0.15) is 0 Å². The summed E-state index contributed by atoms with van der Waals surface area (Å²) in [6.45, 7) is 6.78. The summed E-state index contributed by atoms with van der Waals surface area (Å²) in [5.74, 6) is 0.689. The number of amides is 1. The minimum Gasteiger partial charge on any atom is -0.450 e. The second-order valence-electron chi connectivity index (χ2n) is 3.37. The molecule has 4 nitrogen and oxygen atoms in total. The van der Waals surface area contributed by atoms with Crippen molar-refractivity contribution in [3.8, 4) is 0 Å². The van der Waals surface area contributed by atoms with Crippen LogP contribution in [-0.4, -0.2) is 56.2 Å². The Morgan fingerprint density at radius 1 is 1.50 bits per heavy atom. The minimum absolute atomic E-state index is 0.183.